The predicted octanol–water partition coefficient (Wildman–Crippen LogP) is 4.20. The number of carbonyl (C=O) groups excluding carboxylic acids is 1. The number of ether oxygens (including phenoxy) is 1. The zero-order valence-electron chi connectivity index (χ0n) is 22.3. The van der Waals surface area contributed by atoms with Gasteiger partial charge in [-0.3, -0.25) is 4.79 Å². The predicted molar refractivity (Wildman–Crippen MR) is 151 cm³/mol. The van der Waals surface area contributed by atoms with Crippen LogP contribution < -0.4 is 15.8 Å². The molecule has 0 radical (unpaired) electrons. The van der Waals surface area contributed by atoms with E-state index >= 15 is 4.39 Å². The van der Waals surface area contributed by atoms with Crippen molar-refractivity contribution in [3.63, 3.8) is 0 Å². The van der Waals surface area contributed by atoms with Crippen LogP contribution in [0.3, 0.4) is 0 Å². The topological polar surface area (TPSA) is 135 Å². The normalized spacial score (nSPS) is 19.0. The number of rotatable bonds is 7. The summed E-state index contributed by atoms with van der Waals surface area (Å²) in [5.74, 6) is 0.305. The van der Waals surface area contributed by atoms with Crippen molar-refractivity contribution < 1.29 is 13.9 Å². The Morgan fingerprint density at radius 3 is 2.78 bits per heavy atom. The van der Waals surface area contributed by atoms with Gasteiger partial charge in [-0.15, -0.1) is 0 Å². The molecule has 10 nitrogen and oxygen atoms in total. The number of para-hydroxylation sites is 1. The number of amides is 1. The molecule has 1 amide bonds. The number of hydrogen-bond acceptors (Lipinski definition) is 8. The number of halogens is 1. The molecule has 2 saturated heterocycles. The molecule has 0 bridgehead atoms. The van der Waals surface area contributed by atoms with E-state index in [0.717, 1.165) is 32.2 Å². The number of aromatic nitrogens is 4. The van der Waals surface area contributed by atoms with Crippen molar-refractivity contribution >= 4 is 22.8 Å². The van der Waals surface area contributed by atoms with Crippen LogP contribution in [0.5, 0.6) is 11.5 Å². The summed E-state index contributed by atoms with van der Waals surface area (Å²) in [4.78, 5) is 23.7. The summed E-state index contributed by atoms with van der Waals surface area (Å²) in [7, 11) is 0. The summed E-state index contributed by atoms with van der Waals surface area (Å²) in [6, 6.07) is 15.6. The molecule has 2 aromatic heterocycles. The van der Waals surface area contributed by atoms with Crippen LogP contribution in [-0.4, -0.2) is 55.7 Å². The van der Waals surface area contributed by atoms with Crippen LogP contribution in [0.4, 0.5) is 10.2 Å². The fraction of sp³-hybridized carbons (Fsp3) is 0.300. The molecule has 6 rings (SSSR count). The Hall–Kier alpha value is -4.82. The lowest BCUT2D eigenvalue weighted by Gasteiger charge is -2.24. The standard InChI is InChI=1S/C30H29FN8O2/c31-25-15-23(41-22-8-2-1-3-9-22)10-11-24(25)27-26-28(33)35-18-36-29(26)39(37-27)17-21-7-5-13-38(21)30(40)19(16-32)14-20-6-4-12-34-20/h1-3,8-11,14-15,18,20-21,34H,4-7,12-13,17H2,(H2,33,35,36). The Balaban J connectivity index is 1.30. The molecule has 0 saturated carbocycles. The summed E-state index contributed by atoms with van der Waals surface area (Å²) in [6.45, 7) is 1.74. The van der Waals surface area contributed by atoms with Gasteiger partial charge in [-0.25, -0.2) is 19.0 Å². The second kappa shape index (κ2) is 11.3. The van der Waals surface area contributed by atoms with E-state index in [4.69, 9.17) is 15.6 Å². The van der Waals surface area contributed by atoms with Gasteiger partial charge < -0.3 is 20.7 Å². The average Bonchev–Trinajstić information content (AvgIpc) is 3.74. The summed E-state index contributed by atoms with van der Waals surface area (Å²) in [6.07, 6.45) is 6.55. The maximum atomic E-state index is 15.5. The van der Waals surface area contributed by atoms with Gasteiger partial charge in [-0.2, -0.15) is 10.4 Å². The highest BCUT2D eigenvalue weighted by atomic mass is 19.1. The number of nitrogens with one attached hydrogen (secondary N) is 1. The van der Waals surface area contributed by atoms with E-state index in [9.17, 15) is 10.1 Å². The van der Waals surface area contributed by atoms with Gasteiger partial charge >= 0.3 is 0 Å². The SMILES string of the molecule is N#CC(=CC1CCCN1)C(=O)N1CCCC1Cn1nc(-c2ccc(Oc3ccccc3)cc2F)c2c(N)ncnc21. The number of nitrogen functional groups attached to an aromatic ring is 1. The molecule has 0 aliphatic carbocycles. The largest absolute Gasteiger partial charge is 0.457 e. The van der Waals surface area contributed by atoms with Crippen molar-refractivity contribution in [3.8, 4) is 28.8 Å². The minimum atomic E-state index is -0.532. The van der Waals surface area contributed by atoms with Crippen molar-refractivity contribution in [3.05, 3.63) is 72.3 Å². The van der Waals surface area contributed by atoms with Crippen LogP contribution in [0.15, 0.2) is 66.5 Å². The maximum Gasteiger partial charge on any atom is 0.264 e. The summed E-state index contributed by atoms with van der Waals surface area (Å²) < 4.78 is 22.9. The molecule has 2 aliphatic heterocycles. The second-order valence-corrected chi connectivity index (χ2v) is 10.2. The number of nitriles is 1. The number of hydrogen-bond donors (Lipinski definition) is 2. The molecule has 2 unspecified atom stereocenters. The molecule has 41 heavy (non-hydrogen) atoms. The summed E-state index contributed by atoms with van der Waals surface area (Å²) in [5.41, 5.74) is 7.38. The van der Waals surface area contributed by atoms with Crippen LogP contribution in [-0.2, 0) is 11.3 Å². The highest BCUT2D eigenvalue weighted by Crippen LogP contribution is 2.35. The van der Waals surface area contributed by atoms with Crippen molar-refractivity contribution in [1.29, 1.82) is 5.26 Å². The zero-order chi connectivity index (χ0) is 28.3. The van der Waals surface area contributed by atoms with Gasteiger partial charge in [0.25, 0.3) is 5.91 Å². The van der Waals surface area contributed by atoms with E-state index in [0.29, 0.717) is 41.3 Å². The number of fused-ring (bicyclic) bond motifs is 1. The molecule has 208 valence electrons. The van der Waals surface area contributed by atoms with Gasteiger partial charge in [-0.05, 0) is 62.6 Å². The van der Waals surface area contributed by atoms with E-state index in [1.54, 1.807) is 39.9 Å². The minimum Gasteiger partial charge on any atom is -0.457 e. The zero-order valence-corrected chi connectivity index (χ0v) is 22.3. The maximum absolute atomic E-state index is 15.5. The molecule has 2 fully saturated rings. The smallest absolute Gasteiger partial charge is 0.264 e. The number of nitrogens with two attached hydrogens (primary N) is 1. The fourth-order valence-electron chi connectivity index (χ4n) is 5.58. The second-order valence-electron chi connectivity index (χ2n) is 10.2. The van der Waals surface area contributed by atoms with Crippen molar-refractivity contribution in [2.45, 2.75) is 44.3 Å². The molecule has 4 aromatic rings. The molecular weight excluding hydrogens is 523 g/mol. The van der Waals surface area contributed by atoms with Gasteiger partial charge in [0, 0.05) is 24.2 Å². The quantitative estimate of drug-likeness (QED) is 0.257. The van der Waals surface area contributed by atoms with Crippen LogP contribution >= 0.6 is 0 Å². The third-order valence-electron chi connectivity index (χ3n) is 7.57. The Labute approximate surface area is 236 Å². The number of likely N-dealkylation sites (tertiary alicyclic amines) is 1. The molecule has 11 heteroatoms. The first kappa shape index (κ1) is 26.4. The monoisotopic (exact) mass is 552 g/mol. The van der Waals surface area contributed by atoms with E-state index in [2.05, 4.69) is 21.4 Å². The van der Waals surface area contributed by atoms with Crippen LogP contribution in [0, 0.1) is 17.1 Å². The molecule has 2 aromatic carbocycles. The molecule has 0 spiro atoms. The highest BCUT2D eigenvalue weighted by molar-refractivity contribution is 5.99. The Morgan fingerprint density at radius 1 is 1.17 bits per heavy atom. The Bertz CT molecular complexity index is 1660. The molecule has 4 heterocycles. The van der Waals surface area contributed by atoms with Gasteiger partial charge in [0.05, 0.1) is 18.0 Å². The van der Waals surface area contributed by atoms with Crippen molar-refractivity contribution in [1.82, 2.24) is 30.0 Å². The molecule has 3 N–H and O–H groups in total. The van der Waals surface area contributed by atoms with Crippen molar-refractivity contribution in [2.24, 2.45) is 0 Å². The van der Waals surface area contributed by atoms with Crippen LogP contribution in [0.2, 0.25) is 0 Å². The van der Waals surface area contributed by atoms with Gasteiger partial charge in [0.2, 0.25) is 0 Å². The average molecular weight is 553 g/mol. The lowest BCUT2D eigenvalue weighted by atomic mass is 10.1. The number of nitrogens with zero attached hydrogens (tertiary/aromatic N) is 6. The third kappa shape index (κ3) is 5.34. The first-order chi connectivity index (χ1) is 20.0. The Kier molecular flexibility index (Phi) is 7.31. The van der Waals surface area contributed by atoms with E-state index in [1.165, 1.54) is 12.4 Å². The van der Waals surface area contributed by atoms with Crippen LogP contribution in [0.1, 0.15) is 25.7 Å². The Morgan fingerprint density at radius 2 is 2.02 bits per heavy atom. The molecule has 2 atom stereocenters. The van der Waals surface area contributed by atoms with E-state index in [1.807, 2.05) is 18.2 Å². The van der Waals surface area contributed by atoms with Gasteiger partial charge in [0.1, 0.15) is 46.8 Å². The molecule has 2 aliphatic rings. The number of carbonyl (C=O) groups is 1. The van der Waals surface area contributed by atoms with E-state index in [-0.39, 0.29) is 34.9 Å². The van der Waals surface area contributed by atoms with Crippen LogP contribution in [0.25, 0.3) is 22.3 Å². The fourth-order valence-corrected chi connectivity index (χ4v) is 5.58. The molecular formula is C30H29FN8O2. The summed E-state index contributed by atoms with van der Waals surface area (Å²) in [5, 5.41) is 18.2. The third-order valence-corrected chi connectivity index (χ3v) is 7.57. The number of benzene rings is 2. The highest BCUT2D eigenvalue weighted by Gasteiger charge is 2.33. The lowest BCUT2D eigenvalue weighted by Crippen LogP contribution is -2.39. The number of anilines is 1. The van der Waals surface area contributed by atoms with Gasteiger partial charge in [-0.1, -0.05) is 18.2 Å². The summed E-state index contributed by atoms with van der Waals surface area (Å²) >= 11 is 0. The first-order valence-corrected chi connectivity index (χ1v) is 13.7. The lowest BCUT2D eigenvalue weighted by molar-refractivity contribution is -0.127. The van der Waals surface area contributed by atoms with E-state index < -0.39 is 5.82 Å². The first-order valence-electron chi connectivity index (χ1n) is 13.7. The minimum absolute atomic E-state index is 0.0336. The van der Waals surface area contributed by atoms with Gasteiger partial charge in [0.15, 0.2) is 5.65 Å². The van der Waals surface area contributed by atoms with Crippen molar-refractivity contribution in [2.75, 3.05) is 18.8 Å².